The van der Waals surface area contributed by atoms with Crippen molar-refractivity contribution in [3.8, 4) is 0 Å². The van der Waals surface area contributed by atoms with Gasteiger partial charge < -0.3 is 10.6 Å². The lowest BCUT2D eigenvalue weighted by atomic mass is 10.2. The molecule has 114 valence electrons. The summed E-state index contributed by atoms with van der Waals surface area (Å²) >= 11 is 5.76. The molecule has 1 aromatic carbocycles. The highest BCUT2D eigenvalue weighted by atomic mass is 35.5. The monoisotopic (exact) mass is 317 g/mol. The van der Waals surface area contributed by atoms with Crippen molar-refractivity contribution in [2.75, 3.05) is 11.9 Å². The van der Waals surface area contributed by atoms with Gasteiger partial charge >= 0.3 is 0 Å². The zero-order valence-electron chi connectivity index (χ0n) is 11.9. The van der Waals surface area contributed by atoms with Crippen LogP contribution in [-0.2, 0) is 4.79 Å². The third kappa shape index (κ3) is 5.18. The SMILES string of the molecule is O=C(CCCNC(=O)c1ccc(Cl)cc1)Nc1cccnc1. The number of halogens is 1. The van der Waals surface area contributed by atoms with E-state index >= 15 is 0 Å². The van der Waals surface area contributed by atoms with Crippen LogP contribution in [0.3, 0.4) is 0 Å². The molecule has 0 aliphatic heterocycles. The quantitative estimate of drug-likeness (QED) is 0.805. The Morgan fingerprint density at radius 3 is 2.59 bits per heavy atom. The van der Waals surface area contributed by atoms with Gasteiger partial charge in [0.2, 0.25) is 5.91 Å². The molecule has 0 bridgehead atoms. The van der Waals surface area contributed by atoms with E-state index in [1.165, 1.54) is 0 Å². The van der Waals surface area contributed by atoms with Crippen molar-refractivity contribution in [2.45, 2.75) is 12.8 Å². The highest BCUT2D eigenvalue weighted by Gasteiger charge is 2.06. The van der Waals surface area contributed by atoms with Gasteiger partial charge in [-0.2, -0.15) is 0 Å². The van der Waals surface area contributed by atoms with Gasteiger partial charge in [-0.15, -0.1) is 0 Å². The third-order valence-electron chi connectivity index (χ3n) is 2.92. The van der Waals surface area contributed by atoms with Crippen molar-refractivity contribution in [1.29, 1.82) is 0 Å². The minimum Gasteiger partial charge on any atom is -0.352 e. The minimum absolute atomic E-state index is 0.103. The fraction of sp³-hybridized carbons (Fsp3) is 0.188. The fourth-order valence-corrected chi connectivity index (χ4v) is 1.94. The lowest BCUT2D eigenvalue weighted by Gasteiger charge is -2.06. The van der Waals surface area contributed by atoms with E-state index < -0.39 is 0 Å². The van der Waals surface area contributed by atoms with Gasteiger partial charge in [0, 0.05) is 29.7 Å². The molecular weight excluding hydrogens is 302 g/mol. The topological polar surface area (TPSA) is 71.1 Å². The Morgan fingerprint density at radius 1 is 1.14 bits per heavy atom. The molecule has 5 nitrogen and oxygen atoms in total. The van der Waals surface area contributed by atoms with Crippen LogP contribution >= 0.6 is 11.6 Å². The number of hydrogen-bond acceptors (Lipinski definition) is 3. The molecule has 0 radical (unpaired) electrons. The number of rotatable bonds is 6. The molecule has 2 amide bonds. The summed E-state index contributed by atoms with van der Waals surface area (Å²) in [6, 6.07) is 10.2. The van der Waals surface area contributed by atoms with Crippen molar-refractivity contribution in [3.63, 3.8) is 0 Å². The van der Waals surface area contributed by atoms with E-state index in [0.29, 0.717) is 35.7 Å². The minimum atomic E-state index is -0.177. The van der Waals surface area contributed by atoms with Crippen LogP contribution in [0.2, 0.25) is 5.02 Å². The predicted octanol–water partition coefficient (Wildman–Crippen LogP) is 2.88. The molecule has 2 rings (SSSR count). The molecule has 0 saturated carbocycles. The number of benzene rings is 1. The lowest BCUT2D eigenvalue weighted by molar-refractivity contribution is -0.116. The van der Waals surface area contributed by atoms with E-state index in [1.54, 1.807) is 48.8 Å². The highest BCUT2D eigenvalue weighted by Crippen LogP contribution is 2.09. The molecule has 1 heterocycles. The average molecular weight is 318 g/mol. The molecule has 0 aliphatic rings. The van der Waals surface area contributed by atoms with Crippen LogP contribution in [0.15, 0.2) is 48.8 Å². The summed E-state index contributed by atoms with van der Waals surface area (Å²) in [5.41, 5.74) is 1.21. The van der Waals surface area contributed by atoms with Gasteiger partial charge in [-0.05, 0) is 42.8 Å². The second-order valence-corrected chi connectivity index (χ2v) is 5.09. The molecule has 0 saturated heterocycles. The van der Waals surface area contributed by atoms with Gasteiger partial charge in [0.25, 0.3) is 5.91 Å². The van der Waals surface area contributed by atoms with E-state index in [2.05, 4.69) is 15.6 Å². The van der Waals surface area contributed by atoms with Crippen molar-refractivity contribution in [1.82, 2.24) is 10.3 Å². The van der Waals surface area contributed by atoms with Crippen molar-refractivity contribution >= 4 is 29.1 Å². The maximum absolute atomic E-state index is 11.8. The van der Waals surface area contributed by atoms with E-state index in [1.807, 2.05) is 0 Å². The van der Waals surface area contributed by atoms with Crippen LogP contribution in [0.1, 0.15) is 23.2 Å². The predicted molar refractivity (Wildman–Crippen MR) is 85.9 cm³/mol. The highest BCUT2D eigenvalue weighted by molar-refractivity contribution is 6.30. The van der Waals surface area contributed by atoms with Crippen LogP contribution in [0, 0.1) is 0 Å². The second-order valence-electron chi connectivity index (χ2n) is 4.66. The van der Waals surface area contributed by atoms with E-state index in [0.717, 1.165) is 0 Å². The zero-order chi connectivity index (χ0) is 15.8. The Kier molecular flexibility index (Phi) is 5.91. The first kappa shape index (κ1) is 16.0. The summed E-state index contributed by atoms with van der Waals surface area (Å²) < 4.78 is 0. The number of aromatic nitrogens is 1. The molecule has 0 unspecified atom stereocenters. The number of carbonyl (C=O) groups excluding carboxylic acids is 2. The first-order chi connectivity index (χ1) is 10.6. The van der Waals surface area contributed by atoms with E-state index in [4.69, 9.17) is 11.6 Å². The normalized spacial score (nSPS) is 10.0. The Bertz CT molecular complexity index is 630. The molecule has 0 spiro atoms. The first-order valence-corrected chi connectivity index (χ1v) is 7.26. The van der Waals surface area contributed by atoms with Crippen molar-refractivity contribution < 1.29 is 9.59 Å². The van der Waals surface area contributed by atoms with Gasteiger partial charge in [0.15, 0.2) is 0 Å². The molecule has 0 aliphatic carbocycles. The van der Waals surface area contributed by atoms with Crippen LogP contribution in [0.5, 0.6) is 0 Å². The largest absolute Gasteiger partial charge is 0.352 e. The summed E-state index contributed by atoms with van der Waals surface area (Å²) in [5, 5.41) is 6.09. The summed E-state index contributed by atoms with van der Waals surface area (Å²) in [4.78, 5) is 27.4. The lowest BCUT2D eigenvalue weighted by Crippen LogP contribution is -2.25. The van der Waals surface area contributed by atoms with Gasteiger partial charge in [-0.1, -0.05) is 11.6 Å². The van der Waals surface area contributed by atoms with Crippen LogP contribution in [0.4, 0.5) is 5.69 Å². The summed E-state index contributed by atoms with van der Waals surface area (Å²) in [7, 11) is 0. The molecular formula is C16H16ClN3O2. The maximum atomic E-state index is 11.8. The molecule has 2 N–H and O–H groups in total. The zero-order valence-corrected chi connectivity index (χ0v) is 12.6. The molecule has 6 heteroatoms. The van der Waals surface area contributed by atoms with Crippen LogP contribution < -0.4 is 10.6 Å². The fourth-order valence-electron chi connectivity index (χ4n) is 1.81. The molecule has 22 heavy (non-hydrogen) atoms. The smallest absolute Gasteiger partial charge is 0.251 e. The molecule has 2 aromatic rings. The van der Waals surface area contributed by atoms with E-state index in [-0.39, 0.29) is 11.8 Å². The Labute approximate surface area is 133 Å². The van der Waals surface area contributed by atoms with Gasteiger partial charge in [-0.25, -0.2) is 0 Å². The van der Waals surface area contributed by atoms with Gasteiger partial charge in [0.1, 0.15) is 0 Å². The summed E-state index contributed by atoms with van der Waals surface area (Å²) in [5.74, 6) is -0.280. The summed E-state index contributed by atoms with van der Waals surface area (Å²) in [6.45, 7) is 0.432. The molecule has 0 fully saturated rings. The van der Waals surface area contributed by atoms with Crippen molar-refractivity contribution in [3.05, 3.63) is 59.4 Å². The third-order valence-corrected chi connectivity index (χ3v) is 3.17. The number of anilines is 1. The second kappa shape index (κ2) is 8.14. The summed E-state index contributed by atoms with van der Waals surface area (Å²) in [6.07, 6.45) is 4.11. The number of amides is 2. The number of nitrogens with zero attached hydrogens (tertiary/aromatic N) is 1. The first-order valence-electron chi connectivity index (χ1n) is 6.89. The number of carbonyl (C=O) groups is 2. The molecule has 0 atom stereocenters. The van der Waals surface area contributed by atoms with Crippen molar-refractivity contribution in [2.24, 2.45) is 0 Å². The Morgan fingerprint density at radius 2 is 1.91 bits per heavy atom. The van der Waals surface area contributed by atoms with Crippen LogP contribution in [0.25, 0.3) is 0 Å². The van der Waals surface area contributed by atoms with Gasteiger partial charge in [-0.3, -0.25) is 14.6 Å². The van der Waals surface area contributed by atoms with E-state index in [9.17, 15) is 9.59 Å². The average Bonchev–Trinajstić information content (AvgIpc) is 2.53. The number of pyridine rings is 1. The Balaban J connectivity index is 1.67. The number of hydrogen-bond donors (Lipinski definition) is 2. The number of nitrogens with one attached hydrogen (secondary N) is 2. The van der Waals surface area contributed by atoms with Crippen LogP contribution in [-0.4, -0.2) is 23.3 Å². The van der Waals surface area contributed by atoms with Gasteiger partial charge in [0.05, 0.1) is 11.9 Å². The Hall–Kier alpha value is -2.40. The molecule has 1 aromatic heterocycles. The standard InChI is InChI=1S/C16H16ClN3O2/c17-13-7-5-12(6-8-13)16(22)19-10-2-4-15(21)20-14-3-1-9-18-11-14/h1,3,5-9,11H,2,4,10H2,(H,19,22)(H,20,21). The maximum Gasteiger partial charge on any atom is 0.251 e.